The van der Waals surface area contributed by atoms with E-state index in [4.69, 9.17) is 4.74 Å². The number of carbonyl (C=O) groups is 2. The summed E-state index contributed by atoms with van der Waals surface area (Å²) in [4.78, 5) is 31.4. The minimum Gasteiger partial charge on any atom is -0.480 e. The fraction of sp³-hybridized carbons (Fsp3) is 0.864. The van der Waals surface area contributed by atoms with Crippen molar-refractivity contribution in [2.24, 2.45) is 4.99 Å². The van der Waals surface area contributed by atoms with Crippen molar-refractivity contribution >= 4 is 40.7 Å². The predicted octanol–water partition coefficient (Wildman–Crippen LogP) is 4.70. The number of amides is 2. The molecule has 2 amide bonds. The van der Waals surface area contributed by atoms with Crippen LogP contribution in [-0.2, 0) is 9.53 Å². The van der Waals surface area contributed by atoms with Gasteiger partial charge < -0.3 is 14.7 Å². The zero-order chi connectivity index (χ0) is 22.4. The lowest BCUT2D eigenvalue weighted by atomic mass is 9.88. The standard InChI is InChI=1S/C22H37N3O4S2/c1-4-29-17-12-10-16(11-13-17)25(15-8-6-5-7-9-15)21(28)24-20-23-14-18(30-20)31-22(2,3)19(26)27/h15-18H,4-14H2,1-3H3,(H,26,27)(H,23,24,28). The molecule has 2 saturated carbocycles. The zero-order valence-electron chi connectivity index (χ0n) is 19.0. The van der Waals surface area contributed by atoms with Gasteiger partial charge in [-0.15, -0.1) is 11.8 Å². The average Bonchev–Trinajstić information content (AvgIpc) is 3.16. The number of carboxylic acids is 1. The van der Waals surface area contributed by atoms with Gasteiger partial charge in [-0.3, -0.25) is 15.1 Å². The smallest absolute Gasteiger partial charge is 0.323 e. The Balaban J connectivity index is 1.59. The van der Waals surface area contributed by atoms with E-state index in [9.17, 15) is 14.7 Å². The molecule has 3 aliphatic rings. The molecule has 1 atom stereocenters. The average molecular weight is 472 g/mol. The highest BCUT2D eigenvalue weighted by atomic mass is 32.2. The van der Waals surface area contributed by atoms with Crippen LogP contribution in [0.4, 0.5) is 4.79 Å². The highest BCUT2D eigenvalue weighted by molar-refractivity contribution is 8.25. The van der Waals surface area contributed by atoms with Crippen LogP contribution in [0.2, 0.25) is 0 Å². The van der Waals surface area contributed by atoms with Gasteiger partial charge in [0, 0.05) is 18.7 Å². The number of amidine groups is 1. The molecule has 9 heteroatoms. The first-order valence-electron chi connectivity index (χ1n) is 11.6. The molecule has 3 rings (SSSR count). The fourth-order valence-electron chi connectivity index (χ4n) is 4.74. The molecule has 0 aromatic rings. The van der Waals surface area contributed by atoms with Gasteiger partial charge >= 0.3 is 12.0 Å². The summed E-state index contributed by atoms with van der Waals surface area (Å²) in [7, 11) is 0. The lowest BCUT2D eigenvalue weighted by Gasteiger charge is -2.42. The summed E-state index contributed by atoms with van der Waals surface area (Å²) in [6.45, 7) is 6.72. The summed E-state index contributed by atoms with van der Waals surface area (Å²) in [5.41, 5.74) is 0. The van der Waals surface area contributed by atoms with Gasteiger partial charge in [0.15, 0.2) is 5.17 Å². The molecule has 7 nitrogen and oxygen atoms in total. The molecule has 176 valence electrons. The van der Waals surface area contributed by atoms with Crippen LogP contribution in [0, 0.1) is 0 Å². The maximum absolute atomic E-state index is 13.4. The fourth-order valence-corrected chi connectivity index (χ4v) is 7.52. The summed E-state index contributed by atoms with van der Waals surface area (Å²) < 4.78 is 4.94. The van der Waals surface area contributed by atoms with Crippen LogP contribution in [0.5, 0.6) is 0 Å². The first kappa shape index (κ1) is 24.7. The van der Waals surface area contributed by atoms with E-state index in [0.29, 0.717) is 23.9 Å². The molecule has 1 unspecified atom stereocenters. The van der Waals surface area contributed by atoms with E-state index < -0.39 is 10.7 Å². The van der Waals surface area contributed by atoms with Crippen LogP contribution in [-0.4, -0.2) is 67.8 Å². The number of rotatable bonds is 7. The number of thioether (sulfide) groups is 2. The Hall–Kier alpha value is -0.930. The maximum Gasteiger partial charge on any atom is 0.323 e. The van der Waals surface area contributed by atoms with E-state index in [1.807, 2.05) is 6.92 Å². The van der Waals surface area contributed by atoms with Crippen LogP contribution in [0.3, 0.4) is 0 Å². The van der Waals surface area contributed by atoms with Crippen LogP contribution in [0.1, 0.15) is 78.6 Å². The molecule has 2 fully saturated rings. The molecule has 0 spiro atoms. The van der Waals surface area contributed by atoms with Crippen LogP contribution in [0.15, 0.2) is 4.99 Å². The molecule has 0 radical (unpaired) electrons. The normalized spacial score (nSPS) is 27.6. The van der Waals surface area contributed by atoms with Gasteiger partial charge in [0.1, 0.15) is 4.75 Å². The van der Waals surface area contributed by atoms with E-state index in [-0.39, 0.29) is 16.7 Å². The summed E-state index contributed by atoms with van der Waals surface area (Å²) in [6, 6.07) is 0.509. The van der Waals surface area contributed by atoms with Crippen LogP contribution >= 0.6 is 23.5 Å². The SMILES string of the molecule is CCOC1CCC(N(C(=O)NC2=NCC(SC(C)(C)C(=O)O)S2)C2CCCCC2)CC1. The van der Waals surface area contributed by atoms with E-state index in [1.54, 1.807) is 13.8 Å². The summed E-state index contributed by atoms with van der Waals surface area (Å²) >= 11 is 2.86. The van der Waals surface area contributed by atoms with E-state index in [2.05, 4.69) is 15.2 Å². The number of ether oxygens (including phenoxy) is 1. The minimum absolute atomic E-state index is 0.00571. The van der Waals surface area contributed by atoms with Gasteiger partial charge in [-0.05, 0) is 59.3 Å². The number of urea groups is 1. The Labute approximate surface area is 194 Å². The summed E-state index contributed by atoms with van der Waals surface area (Å²) in [5, 5.41) is 13.1. The van der Waals surface area contributed by atoms with E-state index in [0.717, 1.165) is 45.1 Å². The lowest BCUT2D eigenvalue weighted by Crippen LogP contribution is -2.54. The molecule has 0 aromatic heterocycles. The Morgan fingerprint density at radius 3 is 2.42 bits per heavy atom. The highest BCUT2D eigenvalue weighted by Gasteiger charge is 2.37. The molecule has 2 aliphatic carbocycles. The highest BCUT2D eigenvalue weighted by Crippen LogP contribution is 2.38. The molecule has 0 bridgehead atoms. The Morgan fingerprint density at radius 1 is 1.16 bits per heavy atom. The van der Waals surface area contributed by atoms with Gasteiger partial charge in [0.05, 0.1) is 17.2 Å². The third kappa shape index (κ3) is 6.78. The van der Waals surface area contributed by atoms with Crippen molar-refractivity contribution in [2.45, 2.75) is 106 Å². The van der Waals surface area contributed by atoms with Crippen molar-refractivity contribution < 1.29 is 19.4 Å². The lowest BCUT2D eigenvalue weighted by molar-refractivity contribution is -0.138. The van der Waals surface area contributed by atoms with Gasteiger partial charge in [-0.25, -0.2) is 4.79 Å². The monoisotopic (exact) mass is 471 g/mol. The zero-order valence-corrected chi connectivity index (χ0v) is 20.6. The van der Waals surface area contributed by atoms with Gasteiger partial charge in [0.25, 0.3) is 0 Å². The number of hydrogen-bond donors (Lipinski definition) is 2. The van der Waals surface area contributed by atoms with Gasteiger partial charge in [-0.1, -0.05) is 31.0 Å². The van der Waals surface area contributed by atoms with E-state index in [1.165, 1.54) is 42.8 Å². The number of carbonyl (C=O) groups excluding carboxylic acids is 1. The summed E-state index contributed by atoms with van der Waals surface area (Å²) in [5.74, 6) is -0.832. The molecule has 0 saturated heterocycles. The van der Waals surface area contributed by atoms with Crippen molar-refractivity contribution in [1.29, 1.82) is 0 Å². The largest absolute Gasteiger partial charge is 0.480 e. The summed E-state index contributed by atoms with van der Waals surface area (Å²) in [6.07, 6.45) is 10.1. The molecule has 31 heavy (non-hydrogen) atoms. The van der Waals surface area contributed by atoms with Crippen molar-refractivity contribution in [3.63, 3.8) is 0 Å². The number of nitrogens with zero attached hydrogens (tertiary/aromatic N) is 2. The number of aliphatic imine (C=N–C) groups is 1. The van der Waals surface area contributed by atoms with Crippen LogP contribution in [0.25, 0.3) is 0 Å². The minimum atomic E-state index is -0.875. The molecule has 0 aromatic carbocycles. The third-order valence-corrected chi connectivity index (χ3v) is 9.04. The Kier molecular flexibility index (Phi) is 8.99. The van der Waals surface area contributed by atoms with Crippen molar-refractivity contribution in [3.8, 4) is 0 Å². The second-order valence-electron chi connectivity index (χ2n) is 9.14. The van der Waals surface area contributed by atoms with Gasteiger partial charge in [-0.2, -0.15) is 0 Å². The maximum atomic E-state index is 13.4. The molecular formula is C22H37N3O4S2. The predicted molar refractivity (Wildman–Crippen MR) is 128 cm³/mol. The molecule has 1 aliphatic heterocycles. The molecule has 1 heterocycles. The van der Waals surface area contributed by atoms with Crippen molar-refractivity contribution in [2.75, 3.05) is 13.2 Å². The second kappa shape index (κ2) is 11.3. The van der Waals surface area contributed by atoms with E-state index >= 15 is 0 Å². The third-order valence-electron chi connectivity index (χ3n) is 6.42. The number of carboxylic acid groups (broad SMARTS) is 1. The second-order valence-corrected chi connectivity index (χ2v) is 12.5. The first-order valence-corrected chi connectivity index (χ1v) is 13.4. The number of hydrogen-bond acceptors (Lipinski definition) is 6. The quantitative estimate of drug-likeness (QED) is 0.559. The number of aliphatic carboxylic acids is 1. The topological polar surface area (TPSA) is 91.2 Å². The van der Waals surface area contributed by atoms with Gasteiger partial charge in [0.2, 0.25) is 0 Å². The number of nitrogens with one attached hydrogen (secondary N) is 1. The molecular weight excluding hydrogens is 434 g/mol. The van der Waals surface area contributed by atoms with Crippen molar-refractivity contribution in [1.82, 2.24) is 10.2 Å². The van der Waals surface area contributed by atoms with Crippen molar-refractivity contribution in [3.05, 3.63) is 0 Å². The first-order chi connectivity index (χ1) is 14.8. The Morgan fingerprint density at radius 2 is 1.81 bits per heavy atom. The molecule has 2 N–H and O–H groups in total. The Bertz CT molecular complexity index is 659. The van der Waals surface area contributed by atoms with Crippen LogP contribution < -0.4 is 5.32 Å².